The Balaban J connectivity index is 1.17. The Hall–Kier alpha value is -6.40. The van der Waals surface area contributed by atoms with Gasteiger partial charge in [0, 0.05) is 33.0 Å². The number of fused-ring (bicyclic) bond motifs is 5. The normalized spacial score (nSPS) is 13.2. The summed E-state index contributed by atoms with van der Waals surface area (Å²) in [4.78, 5) is 10.2. The monoisotopic (exact) mass is 652 g/mol. The van der Waals surface area contributed by atoms with Crippen LogP contribution < -0.4 is 9.47 Å². The summed E-state index contributed by atoms with van der Waals surface area (Å²) >= 11 is 0. The Bertz CT molecular complexity index is 2420. The van der Waals surface area contributed by atoms with Crippen LogP contribution in [-0.4, -0.2) is 34.4 Å². The van der Waals surface area contributed by atoms with Crippen LogP contribution in [-0.2, 0) is 12.8 Å². The number of ether oxygens (including phenoxy) is 2. The number of phenolic OH excluding ortho intramolecular Hbond substituents is 2. The molecule has 0 saturated heterocycles. The van der Waals surface area contributed by atoms with Gasteiger partial charge < -0.3 is 19.7 Å². The summed E-state index contributed by atoms with van der Waals surface area (Å²) in [5.74, 6) is 1.58. The molecule has 7 aromatic rings. The Labute approximate surface area is 289 Å². The predicted molar refractivity (Wildman–Crippen MR) is 200 cm³/mol. The van der Waals surface area contributed by atoms with E-state index < -0.39 is 0 Å². The van der Waals surface area contributed by atoms with Gasteiger partial charge in [-0.2, -0.15) is 0 Å². The van der Waals surface area contributed by atoms with Gasteiger partial charge in [0.15, 0.2) is 0 Å². The maximum atomic E-state index is 11.7. The third kappa shape index (κ3) is 4.88. The van der Waals surface area contributed by atoms with Gasteiger partial charge in [0.25, 0.3) is 0 Å². The second kappa shape index (κ2) is 11.6. The molecule has 2 aliphatic carbocycles. The van der Waals surface area contributed by atoms with Crippen LogP contribution in [0.5, 0.6) is 23.0 Å². The smallest absolute Gasteiger partial charge is 0.132 e. The van der Waals surface area contributed by atoms with Gasteiger partial charge in [-0.05, 0) is 82.6 Å². The van der Waals surface area contributed by atoms with Crippen LogP contribution in [0.25, 0.3) is 67.6 Å². The molecule has 0 radical (unpaired) electrons. The number of allylic oxidation sites excluding steroid dienone is 2. The Morgan fingerprint density at radius 1 is 0.500 bits per heavy atom. The fraction of sp³-hybridized carbons (Fsp3) is 0.0909. The lowest BCUT2D eigenvalue weighted by atomic mass is 9.97. The average molecular weight is 653 g/mol. The molecule has 0 bridgehead atoms. The molecular weight excluding hydrogens is 620 g/mol. The van der Waals surface area contributed by atoms with Crippen molar-refractivity contribution in [1.82, 2.24) is 9.97 Å². The lowest BCUT2D eigenvalue weighted by Crippen LogP contribution is -1.96. The molecule has 50 heavy (non-hydrogen) atoms. The molecule has 242 valence electrons. The van der Waals surface area contributed by atoms with E-state index >= 15 is 0 Å². The number of nitrogens with zero attached hydrogens (tertiary/aromatic N) is 2. The van der Waals surface area contributed by atoms with Crippen LogP contribution in [0.3, 0.4) is 0 Å². The van der Waals surface area contributed by atoms with Crippen LogP contribution in [0.15, 0.2) is 109 Å². The van der Waals surface area contributed by atoms with Crippen molar-refractivity contribution >= 4 is 45.1 Å². The molecule has 0 saturated carbocycles. The summed E-state index contributed by atoms with van der Waals surface area (Å²) in [6.45, 7) is 0. The number of rotatable bonds is 6. The summed E-state index contributed by atoms with van der Waals surface area (Å²) < 4.78 is 11.4. The lowest BCUT2D eigenvalue weighted by molar-refractivity contribution is 0.412. The van der Waals surface area contributed by atoms with Gasteiger partial charge in [-0.15, -0.1) is 0 Å². The van der Waals surface area contributed by atoms with Crippen molar-refractivity contribution in [2.45, 2.75) is 12.8 Å². The fourth-order valence-corrected chi connectivity index (χ4v) is 7.31. The van der Waals surface area contributed by atoms with Gasteiger partial charge in [-0.1, -0.05) is 84.9 Å². The maximum absolute atomic E-state index is 11.7. The fourth-order valence-electron chi connectivity index (χ4n) is 7.31. The summed E-state index contributed by atoms with van der Waals surface area (Å²) in [5, 5.41) is 25.3. The molecule has 6 heteroatoms. The number of methoxy groups -OCH3 is 2. The third-order valence-electron chi connectivity index (χ3n) is 9.93. The van der Waals surface area contributed by atoms with Gasteiger partial charge in [-0.25, -0.2) is 9.97 Å². The molecule has 2 N–H and O–H groups in total. The summed E-state index contributed by atoms with van der Waals surface area (Å²) in [5.41, 5.74) is 12.0. The van der Waals surface area contributed by atoms with Gasteiger partial charge in [0.05, 0.1) is 36.6 Å². The standard InChI is InChI=1S/C44H32N2O4/c1-49-33-21-35(31-17-27-7-3-4-8-28(27)18-31)43(47)37(23-33)39-15-13-25-11-12-26-14-16-40(46-42(26)41(25)45-39)38-24-34(50-2)22-36(44(38)48)32-19-29-9-5-6-10-30(29)20-32/h3-17,19,21-24,47-48H,18,20H2,1-2H3. The van der Waals surface area contributed by atoms with E-state index in [2.05, 4.69) is 36.4 Å². The first-order valence-electron chi connectivity index (χ1n) is 16.6. The van der Waals surface area contributed by atoms with Crippen LogP contribution in [0.1, 0.15) is 33.4 Å². The van der Waals surface area contributed by atoms with Crippen molar-refractivity contribution in [3.8, 4) is 45.5 Å². The van der Waals surface area contributed by atoms with E-state index in [0.717, 1.165) is 57.0 Å². The highest BCUT2D eigenvalue weighted by Crippen LogP contribution is 2.45. The van der Waals surface area contributed by atoms with Crippen LogP contribution in [0.2, 0.25) is 0 Å². The number of benzene rings is 5. The molecule has 2 heterocycles. The molecule has 6 nitrogen and oxygen atoms in total. The number of aromatic hydroxyl groups is 2. The summed E-state index contributed by atoms with van der Waals surface area (Å²) in [6, 6.07) is 35.9. The summed E-state index contributed by atoms with van der Waals surface area (Å²) in [6.07, 6.45) is 5.70. The van der Waals surface area contributed by atoms with Crippen molar-refractivity contribution in [2.75, 3.05) is 14.2 Å². The number of phenols is 2. The zero-order valence-corrected chi connectivity index (χ0v) is 27.6. The second-order valence-corrected chi connectivity index (χ2v) is 12.8. The Morgan fingerprint density at radius 3 is 1.32 bits per heavy atom. The zero-order chi connectivity index (χ0) is 33.9. The van der Waals surface area contributed by atoms with Crippen molar-refractivity contribution in [3.05, 3.63) is 143 Å². The first-order valence-corrected chi connectivity index (χ1v) is 16.6. The quantitative estimate of drug-likeness (QED) is 0.174. The van der Waals surface area contributed by atoms with E-state index in [4.69, 9.17) is 19.4 Å². The largest absolute Gasteiger partial charge is 0.507 e. The molecule has 9 rings (SSSR count). The van der Waals surface area contributed by atoms with Crippen molar-refractivity contribution in [1.29, 1.82) is 0 Å². The van der Waals surface area contributed by atoms with E-state index in [1.807, 2.05) is 84.9 Å². The third-order valence-corrected chi connectivity index (χ3v) is 9.93. The van der Waals surface area contributed by atoms with Crippen molar-refractivity contribution in [3.63, 3.8) is 0 Å². The molecular formula is C44H32N2O4. The Morgan fingerprint density at radius 2 is 0.900 bits per heavy atom. The topological polar surface area (TPSA) is 84.7 Å². The van der Waals surface area contributed by atoms with Crippen molar-refractivity contribution < 1.29 is 19.7 Å². The number of hydrogen-bond acceptors (Lipinski definition) is 6. The highest BCUT2D eigenvalue weighted by Gasteiger charge is 2.23. The molecule has 0 unspecified atom stereocenters. The van der Waals surface area contributed by atoms with E-state index in [1.54, 1.807) is 14.2 Å². The summed E-state index contributed by atoms with van der Waals surface area (Å²) in [7, 11) is 3.26. The highest BCUT2D eigenvalue weighted by molar-refractivity contribution is 6.05. The molecule has 2 aromatic heterocycles. The van der Waals surface area contributed by atoms with E-state index in [9.17, 15) is 10.2 Å². The van der Waals surface area contributed by atoms with Gasteiger partial charge in [0.1, 0.15) is 23.0 Å². The molecule has 5 aromatic carbocycles. The highest BCUT2D eigenvalue weighted by atomic mass is 16.5. The van der Waals surface area contributed by atoms with E-state index in [0.29, 0.717) is 45.0 Å². The minimum absolute atomic E-state index is 0.155. The lowest BCUT2D eigenvalue weighted by Gasteiger charge is -2.15. The van der Waals surface area contributed by atoms with Gasteiger partial charge >= 0.3 is 0 Å². The zero-order valence-electron chi connectivity index (χ0n) is 27.6. The first-order chi connectivity index (χ1) is 24.5. The Kier molecular flexibility index (Phi) is 6.92. The molecule has 0 fully saturated rings. The number of hydrogen-bond donors (Lipinski definition) is 2. The number of aromatic nitrogens is 2. The first kappa shape index (κ1) is 29.7. The number of pyridine rings is 2. The van der Waals surface area contributed by atoms with Gasteiger partial charge in [0.2, 0.25) is 0 Å². The molecule has 0 atom stereocenters. The predicted octanol–water partition coefficient (Wildman–Crippen LogP) is 9.74. The van der Waals surface area contributed by atoms with Crippen LogP contribution in [0, 0.1) is 0 Å². The molecule has 0 aliphatic heterocycles. The van der Waals surface area contributed by atoms with E-state index in [1.165, 1.54) is 11.1 Å². The molecule has 0 spiro atoms. The maximum Gasteiger partial charge on any atom is 0.132 e. The molecule has 0 amide bonds. The minimum Gasteiger partial charge on any atom is -0.507 e. The van der Waals surface area contributed by atoms with E-state index in [-0.39, 0.29) is 11.5 Å². The average Bonchev–Trinajstić information content (AvgIpc) is 3.79. The SMILES string of the molecule is COc1cc(C2=Cc3ccccc3C2)c(O)c(-c2ccc3ccc4ccc(-c5cc(OC)cc(C6=Cc7ccccc7C6)c5O)nc4c3n2)c1. The van der Waals surface area contributed by atoms with Crippen LogP contribution >= 0.6 is 0 Å². The molecule has 2 aliphatic rings. The minimum atomic E-state index is 0.155. The second-order valence-electron chi connectivity index (χ2n) is 12.8. The van der Waals surface area contributed by atoms with Crippen LogP contribution in [0.4, 0.5) is 0 Å². The van der Waals surface area contributed by atoms with Gasteiger partial charge in [-0.3, -0.25) is 0 Å². The van der Waals surface area contributed by atoms with Crippen molar-refractivity contribution in [2.24, 2.45) is 0 Å².